The quantitative estimate of drug-likeness (QED) is 0.831. The summed E-state index contributed by atoms with van der Waals surface area (Å²) >= 11 is 0. The fourth-order valence-corrected chi connectivity index (χ4v) is 2.69. The normalized spacial score (nSPS) is 17.9. The van der Waals surface area contributed by atoms with E-state index in [1.165, 1.54) is 7.11 Å². The molecule has 1 atom stereocenters. The Hall–Kier alpha value is -2.37. The van der Waals surface area contributed by atoms with Crippen LogP contribution in [0.25, 0.3) is 0 Å². The Morgan fingerprint density at radius 3 is 2.73 bits per heavy atom. The van der Waals surface area contributed by atoms with Crippen molar-refractivity contribution in [2.75, 3.05) is 20.2 Å². The summed E-state index contributed by atoms with van der Waals surface area (Å²) in [6, 6.07) is 6.87. The van der Waals surface area contributed by atoms with Crippen molar-refractivity contribution in [1.29, 1.82) is 0 Å². The van der Waals surface area contributed by atoms with Gasteiger partial charge in [-0.2, -0.15) is 0 Å². The molecule has 0 unspecified atom stereocenters. The Labute approximate surface area is 129 Å². The summed E-state index contributed by atoms with van der Waals surface area (Å²) in [6.07, 6.45) is 1.59. The molecule has 0 aliphatic carbocycles. The van der Waals surface area contributed by atoms with Gasteiger partial charge in [0.15, 0.2) is 0 Å². The number of methoxy groups -OCH3 is 1. The van der Waals surface area contributed by atoms with Crippen LogP contribution in [-0.2, 0) is 20.7 Å². The third kappa shape index (κ3) is 3.63. The van der Waals surface area contributed by atoms with Crippen LogP contribution < -0.4 is 5.73 Å². The highest BCUT2D eigenvalue weighted by molar-refractivity contribution is 5.93. The fourth-order valence-electron chi connectivity index (χ4n) is 2.69. The number of carbonyl (C=O) groups excluding carboxylic acids is 3. The Kier molecular flexibility index (Phi) is 5.14. The summed E-state index contributed by atoms with van der Waals surface area (Å²) in [5.74, 6) is -1.22. The molecular formula is C16H20N2O4. The first-order valence-electron chi connectivity index (χ1n) is 7.26. The predicted molar refractivity (Wildman–Crippen MR) is 80.0 cm³/mol. The number of amides is 2. The maximum Gasteiger partial charge on any atom is 0.338 e. The lowest BCUT2D eigenvalue weighted by Crippen LogP contribution is -2.44. The highest BCUT2D eigenvalue weighted by Crippen LogP contribution is 2.18. The number of rotatable bonds is 4. The van der Waals surface area contributed by atoms with Crippen LogP contribution in [-0.4, -0.2) is 42.9 Å². The van der Waals surface area contributed by atoms with Crippen LogP contribution in [0.3, 0.4) is 0 Å². The largest absolute Gasteiger partial charge is 0.465 e. The summed E-state index contributed by atoms with van der Waals surface area (Å²) in [6.45, 7) is 0.970. The standard InChI is InChI=1S/C16H20N2O4/c1-22-16(21)13-7-3-2-5-11(13)9-14(19)18-8-4-6-12(10-18)15(17)20/h2-3,5,7,12H,4,6,8-10H2,1H3,(H2,17,20)/t12-/m0/s1. The summed E-state index contributed by atoms with van der Waals surface area (Å²) in [5, 5.41) is 0. The van der Waals surface area contributed by atoms with Crippen molar-refractivity contribution in [3.05, 3.63) is 35.4 Å². The van der Waals surface area contributed by atoms with Crippen molar-refractivity contribution in [3.63, 3.8) is 0 Å². The third-order valence-corrected chi connectivity index (χ3v) is 3.94. The summed E-state index contributed by atoms with van der Waals surface area (Å²) in [7, 11) is 1.31. The molecule has 1 aliphatic rings. The molecule has 1 heterocycles. The molecule has 6 nitrogen and oxygen atoms in total. The van der Waals surface area contributed by atoms with Gasteiger partial charge in [-0.3, -0.25) is 9.59 Å². The molecule has 118 valence electrons. The number of ether oxygens (including phenoxy) is 1. The van der Waals surface area contributed by atoms with Gasteiger partial charge in [0.25, 0.3) is 0 Å². The van der Waals surface area contributed by atoms with Crippen LogP contribution in [0.4, 0.5) is 0 Å². The molecule has 2 amide bonds. The molecule has 0 aromatic heterocycles. The highest BCUT2D eigenvalue weighted by atomic mass is 16.5. The second kappa shape index (κ2) is 7.06. The third-order valence-electron chi connectivity index (χ3n) is 3.94. The first kappa shape index (κ1) is 16.0. The van der Waals surface area contributed by atoms with E-state index in [1.807, 2.05) is 0 Å². The zero-order chi connectivity index (χ0) is 16.1. The second-order valence-corrected chi connectivity index (χ2v) is 5.41. The van der Waals surface area contributed by atoms with Crippen LogP contribution in [0.2, 0.25) is 0 Å². The molecule has 1 aromatic carbocycles. The molecule has 0 spiro atoms. The molecule has 1 aliphatic heterocycles. The molecule has 2 N–H and O–H groups in total. The monoisotopic (exact) mass is 304 g/mol. The molecular weight excluding hydrogens is 284 g/mol. The first-order chi connectivity index (χ1) is 10.5. The van der Waals surface area contributed by atoms with E-state index in [9.17, 15) is 14.4 Å². The van der Waals surface area contributed by atoms with Crippen molar-refractivity contribution in [1.82, 2.24) is 4.90 Å². The molecule has 1 saturated heterocycles. The average Bonchev–Trinajstić information content (AvgIpc) is 2.54. The van der Waals surface area contributed by atoms with Gasteiger partial charge >= 0.3 is 5.97 Å². The van der Waals surface area contributed by atoms with Gasteiger partial charge < -0.3 is 15.4 Å². The molecule has 0 radical (unpaired) electrons. The zero-order valence-corrected chi connectivity index (χ0v) is 12.6. The van der Waals surface area contributed by atoms with Crippen LogP contribution in [0.15, 0.2) is 24.3 Å². The fraction of sp³-hybridized carbons (Fsp3) is 0.438. The number of esters is 1. The lowest BCUT2D eigenvalue weighted by molar-refractivity contribution is -0.134. The maximum atomic E-state index is 12.4. The van der Waals surface area contributed by atoms with E-state index in [0.717, 1.165) is 12.8 Å². The molecule has 1 aromatic rings. The van der Waals surface area contributed by atoms with Gasteiger partial charge in [-0.25, -0.2) is 4.79 Å². The van der Waals surface area contributed by atoms with Crippen LogP contribution in [0.5, 0.6) is 0 Å². The van der Waals surface area contributed by atoms with E-state index in [0.29, 0.717) is 24.2 Å². The maximum absolute atomic E-state index is 12.4. The van der Waals surface area contributed by atoms with Crippen molar-refractivity contribution in [2.24, 2.45) is 11.7 Å². The van der Waals surface area contributed by atoms with E-state index >= 15 is 0 Å². The first-order valence-corrected chi connectivity index (χ1v) is 7.26. The number of benzene rings is 1. The minimum atomic E-state index is -0.461. The lowest BCUT2D eigenvalue weighted by Gasteiger charge is -2.31. The lowest BCUT2D eigenvalue weighted by atomic mass is 9.96. The number of primary amides is 1. The van der Waals surface area contributed by atoms with E-state index in [1.54, 1.807) is 29.2 Å². The summed E-state index contributed by atoms with van der Waals surface area (Å²) in [5.41, 5.74) is 6.34. The molecule has 1 fully saturated rings. The van der Waals surface area contributed by atoms with Gasteiger partial charge in [0.2, 0.25) is 11.8 Å². The van der Waals surface area contributed by atoms with Crippen LogP contribution in [0, 0.1) is 5.92 Å². The molecule has 0 saturated carbocycles. The molecule has 2 rings (SSSR count). The Morgan fingerprint density at radius 2 is 2.05 bits per heavy atom. The number of hydrogen-bond donors (Lipinski definition) is 1. The predicted octanol–water partition coefficient (Wildman–Crippen LogP) is 0.740. The molecule has 6 heteroatoms. The number of carbonyl (C=O) groups is 3. The minimum absolute atomic E-state index is 0.108. The highest BCUT2D eigenvalue weighted by Gasteiger charge is 2.27. The van der Waals surface area contributed by atoms with Crippen LogP contribution in [0.1, 0.15) is 28.8 Å². The number of piperidine rings is 1. The Balaban J connectivity index is 2.09. The topological polar surface area (TPSA) is 89.7 Å². The van der Waals surface area contributed by atoms with Gasteiger partial charge in [0, 0.05) is 13.1 Å². The van der Waals surface area contributed by atoms with E-state index in [2.05, 4.69) is 0 Å². The molecule has 22 heavy (non-hydrogen) atoms. The number of likely N-dealkylation sites (tertiary alicyclic amines) is 1. The van der Waals surface area contributed by atoms with Gasteiger partial charge in [0.1, 0.15) is 0 Å². The van der Waals surface area contributed by atoms with Crippen molar-refractivity contribution in [3.8, 4) is 0 Å². The number of nitrogens with two attached hydrogens (primary N) is 1. The van der Waals surface area contributed by atoms with Gasteiger partial charge in [0.05, 0.1) is 25.0 Å². The summed E-state index contributed by atoms with van der Waals surface area (Å²) in [4.78, 5) is 37.1. The average molecular weight is 304 g/mol. The van der Waals surface area contributed by atoms with Crippen LogP contribution >= 0.6 is 0 Å². The Bertz CT molecular complexity index is 585. The number of nitrogens with zero attached hydrogens (tertiary/aromatic N) is 1. The Morgan fingerprint density at radius 1 is 1.32 bits per heavy atom. The van der Waals surface area contributed by atoms with Crippen molar-refractivity contribution in [2.45, 2.75) is 19.3 Å². The molecule has 0 bridgehead atoms. The van der Waals surface area contributed by atoms with Crippen molar-refractivity contribution < 1.29 is 19.1 Å². The van der Waals surface area contributed by atoms with Gasteiger partial charge in [-0.05, 0) is 24.5 Å². The summed E-state index contributed by atoms with van der Waals surface area (Å²) < 4.78 is 4.73. The zero-order valence-electron chi connectivity index (χ0n) is 12.6. The SMILES string of the molecule is COC(=O)c1ccccc1CC(=O)N1CCC[C@H](C(N)=O)C1. The van der Waals surface area contributed by atoms with Gasteiger partial charge in [-0.15, -0.1) is 0 Å². The smallest absolute Gasteiger partial charge is 0.338 e. The van der Waals surface area contributed by atoms with E-state index in [-0.39, 0.29) is 24.2 Å². The van der Waals surface area contributed by atoms with Gasteiger partial charge in [-0.1, -0.05) is 18.2 Å². The number of hydrogen-bond acceptors (Lipinski definition) is 4. The van der Waals surface area contributed by atoms with Crippen molar-refractivity contribution >= 4 is 17.8 Å². The minimum Gasteiger partial charge on any atom is -0.465 e. The van der Waals surface area contributed by atoms with E-state index in [4.69, 9.17) is 10.5 Å². The van der Waals surface area contributed by atoms with E-state index < -0.39 is 5.97 Å². The second-order valence-electron chi connectivity index (χ2n) is 5.41.